The molecule has 0 aromatic heterocycles. The van der Waals surface area contributed by atoms with Crippen LogP contribution in [0.1, 0.15) is 30.1 Å². The van der Waals surface area contributed by atoms with Gasteiger partial charge in [0.05, 0.1) is 25.9 Å². The molecule has 0 N–H and O–H groups in total. The van der Waals surface area contributed by atoms with Crippen LogP contribution in [-0.2, 0) is 4.74 Å². The quantitative estimate of drug-likeness (QED) is 0.632. The Kier molecular flexibility index (Phi) is 4.83. The molecule has 23 heavy (non-hydrogen) atoms. The Morgan fingerprint density at radius 1 is 1.22 bits per heavy atom. The van der Waals surface area contributed by atoms with E-state index in [-0.39, 0.29) is 5.78 Å². The summed E-state index contributed by atoms with van der Waals surface area (Å²) in [6.07, 6.45) is 6.08. The summed E-state index contributed by atoms with van der Waals surface area (Å²) >= 11 is 0. The maximum Gasteiger partial charge on any atom is 0.183 e. The van der Waals surface area contributed by atoms with Gasteiger partial charge in [0, 0.05) is 18.7 Å². The predicted octanol–water partition coefficient (Wildman–Crippen LogP) is 2.94. The third-order valence-electron chi connectivity index (χ3n) is 5.22. The highest BCUT2D eigenvalue weighted by Crippen LogP contribution is 2.38. The number of carbonyl (C=O) groups excluding carboxylic acids is 1. The van der Waals surface area contributed by atoms with Crippen LogP contribution in [0, 0.1) is 5.92 Å². The molecular formula is C19H25NO3. The number of carbonyl (C=O) groups is 1. The van der Waals surface area contributed by atoms with Gasteiger partial charge < -0.3 is 9.47 Å². The number of hydrogen-bond donors (Lipinski definition) is 0. The van der Waals surface area contributed by atoms with Crippen molar-refractivity contribution >= 4 is 5.78 Å². The lowest BCUT2D eigenvalue weighted by molar-refractivity contribution is -0.0327. The van der Waals surface area contributed by atoms with Crippen LogP contribution in [0.4, 0.5) is 0 Å². The maximum atomic E-state index is 13.5. The molecule has 1 saturated heterocycles. The molecule has 4 heteroatoms. The highest BCUT2D eigenvalue weighted by atomic mass is 16.5. The summed E-state index contributed by atoms with van der Waals surface area (Å²) in [6, 6.07) is 7.50. The van der Waals surface area contributed by atoms with Gasteiger partial charge in [0.2, 0.25) is 0 Å². The highest BCUT2D eigenvalue weighted by Gasteiger charge is 2.48. The van der Waals surface area contributed by atoms with E-state index in [1.807, 2.05) is 24.3 Å². The van der Waals surface area contributed by atoms with Crippen molar-refractivity contribution in [1.82, 2.24) is 4.90 Å². The van der Waals surface area contributed by atoms with Crippen molar-refractivity contribution in [2.24, 2.45) is 5.92 Å². The van der Waals surface area contributed by atoms with Crippen LogP contribution in [0.3, 0.4) is 0 Å². The van der Waals surface area contributed by atoms with E-state index in [4.69, 9.17) is 9.47 Å². The van der Waals surface area contributed by atoms with E-state index in [0.29, 0.717) is 19.1 Å². The van der Waals surface area contributed by atoms with Gasteiger partial charge in [0.15, 0.2) is 5.78 Å². The summed E-state index contributed by atoms with van der Waals surface area (Å²) in [4.78, 5) is 15.8. The van der Waals surface area contributed by atoms with Crippen molar-refractivity contribution in [2.45, 2.75) is 25.3 Å². The summed E-state index contributed by atoms with van der Waals surface area (Å²) in [5, 5.41) is 0. The fourth-order valence-corrected chi connectivity index (χ4v) is 3.82. The topological polar surface area (TPSA) is 38.8 Å². The first-order valence-electron chi connectivity index (χ1n) is 8.35. The molecule has 0 radical (unpaired) electrons. The lowest BCUT2D eigenvalue weighted by Gasteiger charge is -2.49. The lowest BCUT2D eigenvalue weighted by Crippen LogP contribution is -2.62. The number of benzene rings is 1. The summed E-state index contributed by atoms with van der Waals surface area (Å²) in [5.41, 5.74) is 0.312. The number of rotatable bonds is 4. The zero-order valence-corrected chi connectivity index (χ0v) is 14.0. The Morgan fingerprint density at radius 2 is 1.91 bits per heavy atom. The molecule has 1 aliphatic heterocycles. The number of ether oxygens (including phenoxy) is 2. The van der Waals surface area contributed by atoms with Crippen molar-refractivity contribution in [1.29, 1.82) is 0 Å². The second-order valence-corrected chi connectivity index (χ2v) is 6.39. The minimum absolute atomic E-state index is 0.221. The van der Waals surface area contributed by atoms with Crippen LogP contribution in [0.25, 0.3) is 0 Å². The Labute approximate surface area is 138 Å². The molecular weight excluding hydrogens is 290 g/mol. The number of Topliss-reactive ketones (excluding diaryl/α,β-unsaturated/α-hetero) is 1. The number of nitrogens with zero attached hydrogens (tertiary/aromatic N) is 1. The molecule has 0 amide bonds. The molecule has 1 aromatic carbocycles. The molecule has 2 unspecified atom stereocenters. The van der Waals surface area contributed by atoms with E-state index in [1.54, 1.807) is 7.11 Å². The normalized spacial score (nSPS) is 28.5. The zero-order valence-electron chi connectivity index (χ0n) is 14.0. The second-order valence-electron chi connectivity index (χ2n) is 6.39. The molecule has 0 bridgehead atoms. The molecule has 3 rings (SSSR count). The van der Waals surface area contributed by atoms with Gasteiger partial charge in [0.1, 0.15) is 5.75 Å². The average molecular weight is 315 g/mol. The van der Waals surface area contributed by atoms with E-state index < -0.39 is 5.54 Å². The van der Waals surface area contributed by atoms with E-state index in [2.05, 4.69) is 24.0 Å². The monoisotopic (exact) mass is 315 g/mol. The van der Waals surface area contributed by atoms with Crippen molar-refractivity contribution in [3.8, 4) is 5.75 Å². The van der Waals surface area contributed by atoms with Crippen LogP contribution < -0.4 is 4.74 Å². The molecule has 124 valence electrons. The SMILES string of the molecule is COc1ccc(C(=O)C2(N3CCOCC3)CC=CCC2C)cc1. The van der Waals surface area contributed by atoms with Gasteiger partial charge >= 0.3 is 0 Å². The van der Waals surface area contributed by atoms with Gasteiger partial charge in [-0.25, -0.2) is 0 Å². The third-order valence-corrected chi connectivity index (χ3v) is 5.22. The summed E-state index contributed by atoms with van der Waals surface area (Å²) in [6.45, 7) is 5.24. The number of methoxy groups -OCH3 is 1. The summed E-state index contributed by atoms with van der Waals surface area (Å²) in [7, 11) is 1.64. The van der Waals surface area contributed by atoms with Gasteiger partial charge in [-0.2, -0.15) is 0 Å². The smallest absolute Gasteiger partial charge is 0.183 e. The fraction of sp³-hybridized carbons (Fsp3) is 0.526. The van der Waals surface area contributed by atoms with Crippen LogP contribution >= 0.6 is 0 Å². The number of hydrogen-bond acceptors (Lipinski definition) is 4. The standard InChI is InChI=1S/C19H25NO3/c1-15-5-3-4-10-19(15,20-11-13-23-14-12-20)18(21)16-6-8-17(22-2)9-7-16/h3-4,6-9,15H,5,10-14H2,1-2H3. The molecule has 2 aliphatic rings. The van der Waals surface area contributed by atoms with Gasteiger partial charge in [-0.15, -0.1) is 0 Å². The van der Waals surface area contributed by atoms with Crippen LogP contribution in [0.2, 0.25) is 0 Å². The molecule has 1 fully saturated rings. The first-order valence-corrected chi connectivity index (χ1v) is 8.35. The van der Waals surface area contributed by atoms with Gasteiger partial charge in [-0.05, 0) is 43.0 Å². The van der Waals surface area contributed by atoms with Crippen molar-refractivity contribution < 1.29 is 14.3 Å². The van der Waals surface area contributed by atoms with Gasteiger partial charge in [-0.3, -0.25) is 9.69 Å². The van der Waals surface area contributed by atoms with Gasteiger partial charge in [0.25, 0.3) is 0 Å². The lowest BCUT2D eigenvalue weighted by atomic mass is 9.70. The maximum absolute atomic E-state index is 13.5. The fourth-order valence-electron chi connectivity index (χ4n) is 3.82. The Balaban J connectivity index is 1.96. The van der Waals surface area contributed by atoms with E-state index in [0.717, 1.165) is 37.2 Å². The molecule has 1 aromatic rings. The van der Waals surface area contributed by atoms with Crippen molar-refractivity contribution in [2.75, 3.05) is 33.4 Å². The minimum atomic E-state index is -0.451. The van der Waals surface area contributed by atoms with E-state index in [1.165, 1.54) is 0 Å². The third kappa shape index (κ3) is 2.93. The molecule has 1 heterocycles. The summed E-state index contributed by atoms with van der Waals surface area (Å²) < 4.78 is 10.7. The first kappa shape index (κ1) is 16.2. The van der Waals surface area contributed by atoms with Crippen molar-refractivity contribution in [3.05, 3.63) is 42.0 Å². The van der Waals surface area contributed by atoms with Crippen LogP contribution in [0.5, 0.6) is 5.75 Å². The average Bonchev–Trinajstić information content (AvgIpc) is 2.62. The number of morpholine rings is 1. The number of allylic oxidation sites excluding steroid dienone is 1. The molecule has 0 saturated carbocycles. The second kappa shape index (κ2) is 6.85. The van der Waals surface area contributed by atoms with Gasteiger partial charge in [-0.1, -0.05) is 19.1 Å². The van der Waals surface area contributed by atoms with Crippen LogP contribution in [0.15, 0.2) is 36.4 Å². The molecule has 0 spiro atoms. The highest BCUT2D eigenvalue weighted by molar-refractivity contribution is 6.03. The predicted molar refractivity (Wildman–Crippen MR) is 90.0 cm³/mol. The Morgan fingerprint density at radius 3 is 2.52 bits per heavy atom. The molecule has 2 atom stereocenters. The molecule has 4 nitrogen and oxygen atoms in total. The molecule has 1 aliphatic carbocycles. The van der Waals surface area contributed by atoms with E-state index in [9.17, 15) is 4.79 Å². The summed E-state index contributed by atoms with van der Waals surface area (Å²) in [5.74, 6) is 1.29. The Bertz CT molecular complexity index is 575. The minimum Gasteiger partial charge on any atom is -0.497 e. The Hall–Kier alpha value is -1.65. The van der Waals surface area contributed by atoms with Crippen molar-refractivity contribution in [3.63, 3.8) is 0 Å². The largest absolute Gasteiger partial charge is 0.497 e. The zero-order chi connectivity index (χ0) is 16.3. The van der Waals surface area contributed by atoms with E-state index >= 15 is 0 Å². The first-order chi connectivity index (χ1) is 11.2. The number of ketones is 1. The van der Waals surface area contributed by atoms with Crippen LogP contribution in [-0.4, -0.2) is 49.6 Å².